The van der Waals surface area contributed by atoms with Crippen molar-refractivity contribution in [2.24, 2.45) is 11.8 Å². The van der Waals surface area contributed by atoms with E-state index in [1.54, 1.807) is 6.33 Å². The molecule has 0 spiro atoms. The monoisotopic (exact) mass is 693 g/mol. The quantitative estimate of drug-likeness (QED) is 0.125. The lowest BCUT2D eigenvalue weighted by Crippen LogP contribution is -2.25. The van der Waals surface area contributed by atoms with Gasteiger partial charge in [0.2, 0.25) is 0 Å². The zero-order valence-corrected chi connectivity index (χ0v) is 27.5. The molecule has 1 saturated carbocycles. The van der Waals surface area contributed by atoms with Crippen LogP contribution in [0.15, 0.2) is 70.1 Å². The number of carbonyl (C=O) groups excluding carboxylic acids is 1. The summed E-state index contributed by atoms with van der Waals surface area (Å²) in [4.78, 5) is 24.2. The van der Waals surface area contributed by atoms with Crippen LogP contribution in [-0.2, 0) is 0 Å². The second-order valence-corrected chi connectivity index (χ2v) is 13.4. The molecular formula is C32H37Br2N7O. The third-order valence-electron chi connectivity index (χ3n) is 6.83. The summed E-state index contributed by atoms with van der Waals surface area (Å²) in [5.41, 5.74) is 7.78. The molecule has 220 valence electrons. The van der Waals surface area contributed by atoms with Crippen LogP contribution < -0.4 is 16.0 Å². The van der Waals surface area contributed by atoms with Gasteiger partial charge in [0.1, 0.15) is 17.4 Å². The number of amides is 1. The van der Waals surface area contributed by atoms with Crippen LogP contribution in [0.4, 0.5) is 11.4 Å². The Kier molecular flexibility index (Phi) is 9.53. The van der Waals surface area contributed by atoms with E-state index in [0.29, 0.717) is 23.4 Å². The van der Waals surface area contributed by atoms with Gasteiger partial charge in [-0.25, -0.2) is 9.97 Å². The molecule has 2 aromatic heterocycles. The van der Waals surface area contributed by atoms with Crippen LogP contribution in [0, 0.1) is 11.8 Å². The number of nitrogens with zero attached hydrogens (tertiary/aromatic N) is 3. The molecule has 3 aromatic carbocycles. The predicted molar refractivity (Wildman–Crippen MR) is 180 cm³/mol. The van der Waals surface area contributed by atoms with Crippen LogP contribution in [0.2, 0.25) is 0 Å². The Morgan fingerprint density at radius 1 is 0.905 bits per heavy atom. The number of H-pyrrole nitrogens is 1. The van der Waals surface area contributed by atoms with Gasteiger partial charge < -0.3 is 20.9 Å². The number of aromatic nitrogens is 4. The highest BCUT2D eigenvalue weighted by Crippen LogP contribution is 2.30. The molecule has 1 amide bonds. The highest BCUT2D eigenvalue weighted by atomic mass is 79.9. The largest absolute Gasteiger partial charge is 0.383 e. The van der Waals surface area contributed by atoms with Crippen LogP contribution in [0.5, 0.6) is 0 Å². The van der Waals surface area contributed by atoms with Crippen LogP contribution in [-0.4, -0.2) is 44.6 Å². The Morgan fingerprint density at radius 3 is 2.14 bits per heavy atom. The van der Waals surface area contributed by atoms with Crippen molar-refractivity contribution in [2.45, 2.75) is 46.6 Å². The van der Waals surface area contributed by atoms with Crippen molar-refractivity contribution in [3.63, 3.8) is 0 Å². The standard InChI is InChI=1S/C21H23BrN4O.C11H14BrN3/c1-13(2)11-23-18-9-15(22)10-19-20(18)24-12-26(19)17-7-3-14(4-8-17)21(27)25-16-5-6-16;1-7(2)5-13-9-3-8(12)4-10-11(9)15-6-14-10/h3-4,7-10,12-13,16,23H,5-6,11H2,1-2H3,(H,25,27);3-4,6-7,13H,5H2,1-2H3,(H,14,15). The molecule has 6 rings (SSSR count). The molecular weight excluding hydrogens is 658 g/mol. The fourth-order valence-electron chi connectivity index (χ4n) is 4.47. The Bertz CT molecular complexity index is 1670. The predicted octanol–water partition coefficient (Wildman–Crippen LogP) is 8.14. The first-order valence-electron chi connectivity index (χ1n) is 14.4. The minimum absolute atomic E-state index is 0.00227. The lowest BCUT2D eigenvalue weighted by Gasteiger charge is -2.11. The second kappa shape index (κ2) is 13.3. The Morgan fingerprint density at radius 2 is 1.52 bits per heavy atom. The van der Waals surface area contributed by atoms with Gasteiger partial charge in [-0.3, -0.25) is 9.36 Å². The molecule has 0 radical (unpaired) electrons. The van der Waals surface area contributed by atoms with Gasteiger partial charge in [0.05, 0.1) is 28.7 Å². The van der Waals surface area contributed by atoms with E-state index in [0.717, 1.165) is 74.0 Å². The number of imidazole rings is 2. The van der Waals surface area contributed by atoms with E-state index < -0.39 is 0 Å². The van der Waals surface area contributed by atoms with Gasteiger partial charge in [-0.15, -0.1) is 0 Å². The first-order chi connectivity index (χ1) is 20.2. The molecule has 0 unspecified atom stereocenters. The van der Waals surface area contributed by atoms with Crippen LogP contribution in [0.1, 0.15) is 50.9 Å². The first kappa shape index (κ1) is 30.1. The van der Waals surface area contributed by atoms with Crippen molar-refractivity contribution in [2.75, 3.05) is 23.7 Å². The first-order valence-corrected chi connectivity index (χ1v) is 15.9. The molecule has 1 fully saturated rings. The smallest absolute Gasteiger partial charge is 0.251 e. The molecule has 1 aliphatic carbocycles. The topological polar surface area (TPSA) is 99.7 Å². The summed E-state index contributed by atoms with van der Waals surface area (Å²) in [6.45, 7) is 10.6. The molecule has 42 heavy (non-hydrogen) atoms. The third kappa shape index (κ3) is 7.52. The highest BCUT2D eigenvalue weighted by molar-refractivity contribution is 9.10. The molecule has 2 heterocycles. The zero-order valence-electron chi connectivity index (χ0n) is 24.3. The van der Waals surface area contributed by atoms with Crippen LogP contribution in [0.25, 0.3) is 27.8 Å². The normalized spacial score (nSPS) is 13.0. The van der Waals surface area contributed by atoms with E-state index in [1.165, 1.54) is 0 Å². The van der Waals surface area contributed by atoms with Crippen molar-refractivity contribution in [3.8, 4) is 5.69 Å². The molecule has 0 aliphatic heterocycles. The maximum Gasteiger partial charge on any atom is 0.251 e. The average Bonchev–Trinajstić information content (AvgIpc) is 3.46. The van der Waals surface area contributed by atoms with Gasteiger partial charge in [0.15, 0.2) is 0 Å². The second-order valence-electron chi connectivity index (χ2n) is 11.5. The van der Waals surface area contributed by atoms with Gasteiger partial charge in [0, 0.05) is 39.3 Å². The minimum atomic E-state index is 0.00227. The van der Waals surface area contributed by atoms with Gasteiger partial charge in [-0.05, 0) is 73.2 Å². The molecule has 8 nitrogen and oxygen atoms in total. The lowest BCUT2D eigenvalue weighted by molar-refractivity contribution is 0.0951. The molecule has 1 aliphatic rings. The molecule has 5 aromatic rings. The number of fused-ring (bicyclic) bond motifs is 2. The highest BCUT2D eigenvalue weighted by Gasteiger charge is 2.23. The van der Waals surface area contributed by atoms with Gasteiger partial charge in [-0.1, -0.05) is 59.6 Å². The van der Waals surface area contributed by atoms with E-state index in [4.69, 9.17) is 0 Å². The molecule has 4 N–H and O–H groups in total. The fourth-order valence-corrected chi connectivity index (χ4v) is 5.37. The number of nitrogens with one attached hydrogen (secondary N) is 4. The Hall–Kier alpha value is -3.37. The van der Waals surface area contributed by atoms with Crippen molar-refractivity contribution in [3.05, 3.63) is 75.7 Å². The summed E-state index contributed by atoms with van der Waals surface area (Å²) in [5, 5.41) is 9.90. The number of hydrogen-bond donors (Lipinski definition) is 4. The summed E-state index contributed by atoms with van der Waals surface area (Å²) in [5.74, 6) is 1.18. The number of hydrogen-bond acceptors (Lipinski definition) is 5. The van der Waals surface area contributed by atoms with Crippen LogP contribution in [0.3, 0.4) is 0 Å². The molecule has 0 saturated heterocycles. The summed E-state index contributed by atoms with van der Waals surface area (Å²) in [6, 6.07) is 16.3. The number of benzene rings is 3. The summed E-state index contributed by atoms with van der Waals surface area (Å²) >= 11 is 7.09. The van der Waals surface area contributed by atoms with E-state index in [-0.39, 0.29) is 5.91 Å². The van der Waals surface area contributed by atoms with Crippen molar-refractivity contribution < 1.29 is 4.79 Å². The summed E-state index contributed by atoms with van der Waals surface area (Å²) in [7, 11) is 0. The number of rotatable bonds is 9. The average molecular weight is 696 g/mol. The van der Waals surface area contributed by atoms with Crippen LogP contribution >= 0.6 is 31.9 Å². The van der Waals surface area contributed by atoms with Crippen molar-refractivity contribution in [1.82, 2.24) is 24.8 Å². The third-order valence-corrected chi connectivity index (χ3v) is 7.74. The Labute approximate surface area is 263 Å². The van der Waals surface area contributed by atoms with E-state index in [9.17, 15) is 4.79 Å². The minimum Gasteiger partial charge on any atom is -0.383 e. The van der Waals surface area contributed by atoms with Gasteiger partial charge in [0.25, 0.3) is 5.91 Å². The lowest BCUT2D eigenvalue weighted by atomic mass is 10.2. The molecule has 0 atom stereocenters. The van der Waals surface area contributed by atoms with E-state index in [1.807, 2.05) is 41.2 Å². The number of aromatic amines is 1. The van der Waals surface area contributed by atoms with E-state index >= 15 is 0 Å². The summed E-state index contributed by atoms with van der Waals surface area (Å²) < 4.78 is 4.11. The maximum atomic E-state index is 12.2. The van der Waals surface area contributed by atoms with Crippen molar-refractivity contribution >= 4 is 71.2 Å². The fraction of sp³-hybridized carbons (Fsp3) is 0.344. The van der Waals surface area contributed by atoms with Gasteiger partial charge in [-0.2, -0.15) is 0 Å². The maximum absolute atomic E-state index is 12.2. The van der Waals surface area contributed by atoms with E-state index in [2.05, 4.69) is 109 Å². The van der Waals surface area contributed by atoms with Crippen molar-refractivity contribution in [1.29, 1.82) is 0 Å². The molecule has 0 bridgehead atoms. The zero-order chi connectivity index (χ0) is 29.8. The molecule has 10 heteroatoms. The van der Waals surface area contributed by atoms with Gasteiger partial charge >= 0.3 is 0 Å². The SMILES string of the molecule is CC(C)CNc1cc(Br)cc2[nH]cnc12.CC(C)CNc1cc(Br)cc2c1ncn2-c1ccc(C(=O)NC2CC2)cc1. The Balaban J connectivity index is 0.000000199. The summed E-state index contributed by atoms with van der Waals surface area (Å²) in [6.07, 6.45) is 5.73. The number of anilines is 2. The number of halogens is 2. The number of carbonyl (C=O) groups is 1.